The lowest BCUT2D eigenvalue weighted by atomic mass is 10.2. The number of carbonyl (C=O) groups is 1. The minimum Gasteiger partial charge on any atom is -0.318 e. The predicted molar refractivity (Wildman–Crippen MR) is 45.9 cm³/mol. The number of hydrogen-bond acceptors (Lipinski definition) is 1. The Labute approximate surface area is 95.4 Å². The molecule has 1 amide bonds. The summed E-state index contributed by atoms with van der Waals surface area (Å²) in [5.41, 5.74) is -1.17. The number of benzene rings is 1. The van der Waals surface area contributed by atoms with Crippen LogP contribution in [0.5, 0.6) is 0 Å². The summed E-state index contributed by atoms with van der Waals surface area (Å²) in [6.07, 6.45) is -4.31. The van der Waals surface area contributed by atoms with E-state index in [1.807, 2.05) is 0 Å². The van der Waals surface area contributed by atoms with E-state index in [2.05, 4.69) is 0 Å². The second-order valence-electron chi connectivity index (χ2n) is 3.10. The Morgan fingerprint density at radius 2 is 1.67 bits per heavy atom. The molecule has 0 radical (unpaired) electrons. The van der Waals surface area contributed by atoms with E-state index in [0.717, 1.165) is 5.32 Å². The lowest BCUT2D eigenvalue weighted by Crippen LogP contribution is -2.41. The fraction of sp³-hybridized carbons (Fsp3) is 0.222. The van der Waals surface area contributed by atoms with Gasteiger partial charge in [-0.1, -0.05) is 0 Å². The summed E-state index contributed by atoms with van der Waals surface area (Å²) < 4.78 is 86.6. The van der Waals surface area contributed by atoms with Gasteiger partial charge in [0, 0.05) is 0 Å². The van der Waals surface area contributed by atoms with Gasteiger partial charge in [-0.25, -0.2) is 22.0 Å². The van der Waals surface area contributed by atoms with Crippen molar-refractivity contribution in [1.29, 1.82) is 0 Å². The van der Waals surface area contributed by atoms with Crippen molar-refractivity contribution < 1.29 is 35.5 Å². The predicted octanol–water partition coefficient (Wildman–Crippen LogP) is 2.94. The molecule has 0 unspecified atom stereocenters. The summed E-state index contributed by atoms with van der Waals surface area (Å²) in [7, 11) is 0. The van der Waals surface area contributed by atoms with Crippen molar-refractivity contribution in [2.24, 2.45) is 0 Å². The fourth-order valence-corrected chi connectivity index (χ4v) is 0.927. The third kappa shape index (κ3) is 2.54. The topological polar surface area (TPSA) is 29.1 Å². The molecule has 1 rings (SSSR count). The Morgan fingerprint density at radius 3 is 2.17 bits per heavy atom. The van der Waals surface area contributed by atoms with Crippen LogP contribution in [0.2, 0.25) is 0 Å². The fourth-order valence-electron chi connectivity index (χ4n) is 0.927. The molecule has 0 bridgehead atoms. The summed E-state index contributed by atoms with van der Waals surface area (Å²) in [5.74, 6) is -13.2. The smallest absolute Gasteiger partial charge is 0.318 e. The van der Waals surface area contributed by atoms with Crippen LogP contribution in [0.3, 0.4) is 0 Å². The molecule has 1 aromatic rings. The Hall–Kier alpha value is -1.80. The molecule has 0 saturated heterocycles. The first-order chi connectivity index (χ1) is 8.17. The molecule has 18 heavy (non-hydrogen) atoms. The molecule has 1 N–H and O–H groups in total. The highest BCUT2D eigenvalue weighted by Crippen LogP contribution is 2.26. The maximum atomic E-state index is 12.9. The number of amides is 1. The van der Waals surface area contributed by atoms with Gasteiger partial charge >= 0.3 is 18.3 Å². The summed E-state index contributed by atoms with van der Waals surface area (Å²) in [5, 5.41) is 1.05. The maximum absolute atomic E-state index is 12.9. The van der Waals surface area contributed by atoms with Crippen LogP contribution in [-0.2, 0) is 4.79 Å². The van der Waals surface area contributed by atoms with Gasteiger partial charge in [0.1, 0.15) is 0 Å². The van der Waals surface area contributed by atoms with E-state index in [9.17, 15) is 35.5 Å². The minimum absolute atomic E-state index is 0.342. The molecule has 0 aliphatic carbocycles. The van der Waals surface area contributed by atoms with Crippen LogP contribution in [0.4, 0.5) is 36.4 Å². The van der Waals surface area contributed by atoms with Gasteiger partial charge in [0.15, 0.2) is 17.5 Å². The van der Waals surface area contributed by atoms with Gasteiger partial charge in [0.05, 0.1) is 5.69 Å². The van der Waals surface area contributed by atoms with Crippen molar-refractivity contribution in [2.45, 2.75) is 12.3 Å². The number of carbonyl (C=O) groups excluding carboxylic acids is 1. The van der Waals surface area contributed by atoms with E-state index >= 15 is 0 Å². The second kappa shape index (κ2) is 4.83. The number of nitrogens with one attached hydrogen (secondary N) is 1. The van der Waals surface area contributed by atoms with E-state index in [1.165, 1.54) is 0 Å². The second-order valence-corrected chi connectivity index (χ2v) is 3.10. The van der Waals surface area contributed by atoms with E-state index in [4.69, 9.17) is 0 Å². The van der Waals surface area contributed by atoms with Gasteiger partial charge in [0.25, 0.3) is 0 Å². The lowest BCUT2D eigenvalue weighted by molar-refractivity contribution is -0.163. The molecule has 9 heteroatoms. The third-order valence-electron chi connectivity index (χ3n) is 1.86. The van der Waals surface area contributed by atoms with E-state index in [-0.39, 0.29) is 0 Å². The molecule has 0 fully saturated rings. The monoisotopic (exact) mass is 275 g/mol. The van der Waals surface area contributed by atoms with Gasteiger partial charge in [-0.05, 0) is 12.1 Å². The summed E-state index contributed by atoms with van der Waals surface area (Å²) >= 11 is 0. The van der Waals surface area contributed by atoms with Crippen molar-refractivity contribution in [3.63, 3.8) is 0 Å². The standard InChI is InChI=1S/C9H4F7NO/c10-3-1-2-4(6(12)5(3)11)17-8(18)9(15,16)7(13)14/h1-2,7H,(H,17,18). The highest BCUT2D eigenvalue weighted by atomic mass is 19.3. The van der Waals surface area contributed by atoms with E-state index < -0.39 is 41.4 Å². The van der Waals surface area contributed by atoms with Crippen molar-refractivity contribution in [1.82, 2.24) is 0 Å². The van der Waals surface area contributed by atoms with Crippen LogP contribution < -0.4 is 5.32 Å². The molecule has 0 atom stereocenters. The molecule has 0 aliphatic rings. The van der Waals surface area contributed by atoms with Crippen molar-refractivity contribution in [3.8, 4) is 0 Å². The van der Waals surface area contributed by atoms with E-state index in [0.29, 0.717) is 12.1 Å². The molecule has 0 saturated carbocycles. The van der Waals surface area contributed by atoms with Crippen LogP contribution in [0.15, 0.2) is 12.1 Å². The van der Waals surface area contributed by atoms with Crippen molar-refractivity contribution in [2.75, 3.05) is 5.32 Å². The third-order valence-corrected chi connectivity index (χ3v) is 1.86. The van der Waals surface area contributed by atoms with Crippen LogP contribution in [0.1, 0.15) is 0 Å². The van der Waals surface area contributed by atoms with E-state index in [1.54, 1.807) is 0 Å². The molecular formula is C9H4F7NO. The molecular weight excluding hydrogens is 271 g/mol. The van der Waals surface area contributed by atoms with Crippen LogP contribution in [-0.4, -0.2) is 18.3 Å². The zero-order chi connectivity index (χ0) is 14.1. The quantitative estimate of drug-likeness (QED) is 0.667. The van der Waals surface area contributed by atoms with Crippen LogP contribution in [0, 0.1) is 17.5 Å². The Kier molecular flexibility index (Phi) is 3.82. The zero-order valence-electron chi connectivity index (χ0n) is 8.29. The van der Waals surface area contributed by atoms with Gasteiger partial charge < -0.3 is 5.32 Å². The largest absolute Gasteiger partial charge is 0.383 e. The molecule has 0 spiro atoms. The first kappa shape index (κ1) is 14.3. The molecule has 0 heterocycles. The first-order valence-electron chi connectivity index (χ1n) is 4.28. The van der Waals surface area contributed by atoms with Crippen LogP contribution in [0.25, 0.3) is 0 Å². The summed E-state index contributed by atoms with van der Waals surface area (Å²) in [4.78, 5) is 10.7. The SMILES string of the molecule is O=C(Nc1ccc(F)c(F)c1F)C(F)(F)C(F)F. The van der Waals surface area contributed by atoms with Gasteiger partial charge in [-0.3, -0.25) is 4.79 Å². The average Bonchev–Trinajstić information content (AvgIpc) is 2.29. The average molecular weight is 275 g/mol. The number of anilines is 1. The minimum atomic E-state index is -5.07. The maximum Gasteiger partial charge on any atom is 0.383 e. The Balaban J connectivity index is 3.00. The first-order valence-corrected chi connectivity index (χ1v) is 4.28. The molecule has 1 aromatic carbocycles. The summed E-state index contributed by atoms with van der Waals surface area (Å²) in [6, 6.07) is 0.766. The highest BCUT2D eigenvalue weighted by molar-refractivity contribution is 5.96. The number of rotatable bonds is 3. The molecule has 100 valence electrons. The molecule has 0 aliphatic heterocycles. The Bertz CT molecular complexity index is 474. The number of hydrogen-bond donors (Lipinski definition) is 1. The van der Waals surface area contributed by atoms with Crippen LogP contribution >= 0.6 is 0 Å². The van der Waals surface area contributed by atoms with Crippen molar-refractivity contribution >= 4 is 11.6 Å². The molecule has 0 aromatic heterocycles. The lowest BCUT2D eigenvalue weighted by Gasteiger charge is -2.15. The number of halogens is 7. The Morgan fingerprint density at radius 1 is 1.11 bits per heavy atom. The normalized spacial score (nSPS) is 11.8. The van der Waals surface area contributed by atoms with Gasteiger partial charge in [0.2, 0.25) is 0 Å². The molecule has 2 nitrogen and oxygen atoms in total. The summed E-state index contributed by atoms with van der Waals surface area (Å²) in [6.45, 7) is 0. The number of alkyl halides is 4. The highest BCUT2D eigenvalue weighted by Gasteiger charge is 2.49. The zero-order valence-corrected chi connectivity index (χ0v) is 8.29. The van der Waals surface area contributed by atoms with Crippen molar-refractivity contribution in [3.05, 3.63) is 29.6 Å². The van der Waals surface area contributed by atoms with Gasteiger partial charge in [-0.15, -0.1) is 0 Å². The van der Waals surface area contributed by atoms with Gasteiger partial charge in [-0.2, -0.15) is 8.78 Å².